The lowest BCUT2D eigenvalue weighted by atomic mass is 9.65. The van der Waals surface area contributed by atoms with Gasteiger partial charge in [0, 0.05) is 29.1 Å². The second kappa shape index (κ2) is 6.14. The lowest BCUT2D eigenvalue weighted by Gasteiger charge is -2.51. The molecule has 122 valence electrons. The van der Waals surface area contributed by atoms with Crippen LogP contribution in [0.25, 0.3) is 0 Å². The van der Waals surface area contributed by atoms with Crippen LogP contribution >= 0.6 is 11.6 Å². The molecule has 1 aromatic rings. The zero-order valence-corrected chi connectivity index (χ0v) is 15.0. The molecule has 0 aliphatic carbocycles. The van der Waals surface area contributed by atoms with Crippen LogP contribution in [-0.4, -0.2) is 37.2 Å². The van der Waals surface area contributed by atoms with E-state index < -0.39 is 0 Å². The molecule has 0 aromatic heterocycles. The third-order valence-corrected chi connectivity index (χ3v) is 6.53. The van der Waals surface area contributed by atoms with Gasteiger partial charge in [-0.25, -0.2) is 0 Å². The molecule has 2 nitrogen and oxygen atoms in total. The van der Waals surface area contributed by atoms with Crippen molar-refractivity contribution in [1.29, 1.82) is 0 Å². The molecule has 2 aliphatic heterocycles. The van der Waals surface area contributed by atoms with Gasteiger partial charge < -0.3 is 4.74 Å². The fourth-order valence-electron chi connectivity index (χ4n) is 4.78. The summed E-state index contributed by atoms with van der Waals surface area (Å²) >= 11 is 6.23. The lowest BCUT2D eigenvalue weighted by Crippen LogP contribution is -2.54. The molecular formula is C19H28ClNO. The summed E-state index contributed by atoms with van der Waals surface area (Å²) in [7, 11) is 2.30. The molecule has 2 fully saturated rings. The lowest BCUT2D eigenvalue weighted by molar-refractivity contribution is -0.0407. The quantitative estimate of drug-likeness (QED) is 0.801. The number of halogens is 1. The second-order valence-corrected chi connectivity index (χ2v) is 7.76. The Balaban J connectivity index is 1.98. The highest BCUT2D eigenvalue weighted by atomic mass is 35.5. The summed E-state index contributed by atoms with van der Waals surface area (Å²) in [4.78, 5) is 2.61. The first-order valence-electron chi connectivity index (χ1n) is 8.53. The summed E-state index contributed by atoms with van der Waals surface area (Å²) in [6.45, 7) is 8.27. The molecule has 2 aliphatic rings. The maximum atomic E-state index is 6.23. The number of fused-ring (bicyclic) bond motifs is 2. The molecule has 0 amide bonds. The third kappa shape index (κ3) is 2.60. The number of hydrogen-bond donors (Lipinski definition) is 0. The SMILES string of the molecule is CCOCC1(C)C2CCC(C[C@@H]1c1ccc(Cl)c(C)c1)N2C. The van der Waals surface area contributed by atoms with Crippen LogP contribution in [-0.2, 0) is 4.74 Å². The van der Waals surface area contributed by atoms with Crippen molar-refractivity contribution in [2.75, 3.05) is 20.3 Å². The minimum atomic E-state index is 0.179. The first kappa shape index (κ1) is 16.3. The standard InChI is InChI=1S/C19H28ClNO/c1-5-22-12-19(3)16(11-15-7-9-18(19)21(15)4)14-6-8-17(20)13(2)10-14/h6,8,10,15-16,18H,5,7,9,11-12H2,1-4H3/t15?,16-,18?,19?/m1/s1. The van der Waals surface area contributed by atoms with Gasteiger partial charge in [-0.05, 0) is 63.3 Å². The summed E-state index contributed by atoms with van der Waals surface area (Å²) in [5.74, 6) is 0.559. The molecule has 3 rings (SSSR count). The number of aryl methyl sites for hydroxylation is 1. The van der Waals surface area contributed by atoms with E-state index in [4.69, 9.17) is 16.3 Å². The molecule has 1 aromatic carbocycles. The van der Waals surface area contributed by atoms with Gasteiger partial charge in [0.1, 0.15) is 0 Å². The van der Waals surface area contributed by atoms with Gasteiger partial charge in [-0.15, -0.1) is 0 Å². The van der Waals surface area contributed by atoms with E-state index in [9.17, 15) is 0 Å². The van der Waals surface area contributed by atoms with Crippen LogP contribution in [0.4, 0.5) is 0 Å². The molecule has 0 N–H and O–H groups in total. The van der Waals surface area contributed by atoms with Crippen LogP contribution in [0.2, 0.25) is 5.02 Å². The maximum absolute atomic E-state index is 6.23. The molecule has 2 heterocycles. The molecule has 4 atom stereocenters. The molecule has 3 unspecified atom stereocenters. The van der Waals surface area contributed by atoms with Gasteiger partial charge in [0.2, 0.25) is 0 Å². The Morgan fingerprint density at radius 1 is 1.36 bits per heavy atom. The Morgan fingerprint density at radius 3 is 2.82 bits per heavy atom. The second-order valence-electron chi connectivity index (χ2n) is 7.35. The van der Waals surface area contributed by atoms with Gasteiger partial charge in [0.05, 0.1) is 6.61 Å². The highest BCUT2D eigenvalue weighted by Crippen LogP contribution is 2.53. The van der Waals surface area contributed by atoms with Crippen LogP contribution in [0, 0.1) is 12.3 Å². The van der Waals surface area contributed by atoms with Crippen LogP contribution in [0.5, 0.6) is 0 Å². The highest BCUT2D eigenvalue weighted by molar-refractivity contribution is 6.31. The van der Waals surface area contributed by atoms with Gasteiger partial charge in [-0.1, -0.05) is 30.7 Å². The van der Waals surface area contributed by atoms with Crippen molar-refractivity contribution in [3.8, 4) is 0 Å². The fraction of sp³-hybridized carbons (Fsp3) is 0.684. The summed E-state index contributed by atoms with van der Waals surface area (Å²) in [5, 5.41) is 0.867. The first-order valence-corrected chi connectivity index (χ1v) is 8.91. The largest absolute Gasteiger partial charge is 0.381 e. The Bertz CT molecular complexity index is 546. The zero-order chi connectivity index (χ0) is 15.9. The zero-order valence-electron chi connectivity index (χ0n) is 14.2. The van der Waals surface area contributed by atoms with E-state index in [0.717, 1.165) is 24.3 Å². The summed E-state index contributed by atoms with van der Waals surface area (Å²) in [6.07, 6.45) is 3.86. The monoisotopic (exact) mass is 321 g/mol. The van der Waals surface area contributed by atoms with Gasteiger partial charge in [0.15, 0.2) is 0 Å². The normalized spacial score (nSPS) is 35.0. The predicted molar refractivity (Wildman–Crippen MR) is 92.7 cm³/mol. The van der Waals surface area contributed by atoms with Crippen molar-refractivity contribution in [1.82, 2.24) is 4.90 Å². The molecule has 0 radical (unpaired) electrons. The van der Waals surface area contributed by atoms with Crippen molar-refractivity contribution in [2.45, 2.75) is 58.0 Å². The van der Waals surface area contributed by atoms with E-state index in [0.29, 0.717) is 12.0 Å². The molecule has 2 saturated heterocycles. The van der Waals surface area contributed by atoms with E-state index in [2.05, 4.69) is 50.9 Å². The number of benzene rings is 1. The number of ether oxygens (including phenoxy) is 1. The van der Waals surface area contributed by atoms with Crippen molar-refractivity contribution >= 4 is 11.6 Å². The molecular weight excluding hydrogens is 294 g/mol. The Morgan fingerprint density at radius 2 is 2.14 bits per heavy atom. The number of rotatable bonds is 4. The number of hydrogen-bond acceptors (Lipinski definition) is 2. The first-order chi connectivity index (χ1) is 10.5. The molecule has 22 heavy (non-hydrogen) atoms. The van der Waals surface area contributed by atoms with Crippen molar-refractivity contribution in [3.63, 3.8) is 0 Å². The summed E-state index contributed by atoms with van der Waals surface area (Å²) < 4.78 is 5.93. The Hall–Kier alpha value is -0.570. The molecule has 0 saturated carbocycles. The van der Waals surface area contributed by atoms with E-state index in [1.807, 2.05) is 0 Å². The maximum Gasteiger partial charge on any atom is 0.0540 e. The number of nitrogens with zero attached hydrogens (tertiary/aromatic N) is 1. The van der Waals surface area contributed by atoms with Crippen LogP contribution in [0.1, 0.15) is 50.2 Å². The third-order valence-electron chi connectivity index (χ3n) is 6.11. The highest BCUT2D eigenvalue weighted by Gasteiger charge is 2.53. The van der Waals surface area contributed by atoms with E-state index in [1.54, 1.807) is 0 Å². The van der Waals surface area contributed by atoms with Crippen molar-refractivity contribution in [2.24, 2.45) is 5.41 Å². The Kier molecular flexibility index (Phi) is 4.55. The average Bonchev–Trinajstić information content (AvgIpc) is 2.78. The van der Waals surface area contributed by atoms with E-state index in [-0.39, 0.29) is 5.41 Å². The Labute approximate surface area is 139 Å². The topological polar surface area (TPSA) is 12.5 Å². The minimum absolute atomic E-state index is 0.179. The predicted octanol–water partition coefficient (Wildman–Crippen LogP) is 4.64. The van der Waals surface area contributed by atoms with E-state index in [1.165, 1.54) is 30.4 Å². The molecule has 2 bridgehead atoms. The summed E-state index contributed by atoms with van der Waals surface area (Å²) in [5.41, 5.74) is 2.80. The molecule has 0 spiro atoms. The average molecular weight is 322 g/mol. The van der Waals surface area contributed by atoms with Crippen LogP contribution in [0.15, 0.2) is 18.2 Å². The van der Waals surface area contributed by atoms with E-state index >= 15 is 0 Å². The van der Waals surface area contributed by atoms with Gasteiger partial charge in [-0.3, -0.25) is 4.90 Å². The van der Waals surface area contributed by atoms with Crippen molar-refractivity contribution < 1.29 is 4.74 Å². The van der Waals surface area contributed by atoms with Crippen molar-refractivity contribution in [3.05, 3.63) is 34.3 Å². The van der Waals surface area contributed by atoms with Gasteiger partial charge >= 0.3 is 0 Å². The fourth-order valence-corrected chi connectivity index (χ4v) is 4.90. The molecule has 3 heteroatoms. The van der Waals surface area contributed by atoms with Crippen LogP contribution < -0.4 is 0 Å². The van der Waals surface area contributed by atoms with Gasteiger partial charge in [-0.2, -0.15) is 0 Å². The number of piperidine rings is 1. The smallest absolute Gasteiger partial charge is 0.0540 e. The summed E-state index contributed by atoms with van der Waals surface area (Å²) in [6, 6.07) is 7.93. The van der Waals surface area contributed by atoms with Gasteiger partial charge in [0.25, 0.3) is 0 Å². The van der Waals surface area contributed by atoms with Crippen LogP contribution in [0.3, 0.4) is 0 Å². The minimum Gasteiger partial charge on any atom is -0.381 e.